The number of phenols is 2. The molecule has 0 saturated heterocycles. The fourth-order valence-corrected chi connectivity index (χ4v) is 9.90. The van der Waals surface area contributed by atoms with Crippen molar-refractivity contribution in [3.8, 4) is 56.3 Å². The largest absolute Gasteiger partial charge is 2.00 e. The minimum atomic E-state index is -1.48. The van der Waals surface area contributed by atoms with Crippen LogP contribution in [0.3, 0.4) is 0 Å². The first-order valence-corrected chi connectivity index (χ1v) is 26.8. The second-order valence-corrected chi connectivity index (χ2v) is 20.4. The summed E-state index contributed by atoms with van der Waals surface area (Å²) >= 11 is 0. The Morgan fingerprint density at radius 2 is 0.812 bits per heavy atom. The van der Waals surface area contributed by atoms with Gasteiger partial charge in [-0.1, -0.05) is 88.1 Å². The number of benzene rings is 6. The summed E-state index contributed by atoms with van der Waals surface area (Å²) < 4.78 is 117. The molecular formula is C66H68CaF2N4O12. The molecule has 0 spiro atoms. The number of halogens is 2. The molecule has 85 heavy (non-hydrogen) atoms. The van der Waals surface area contributed by atoms with Crippen molar-refractivity contribution in [2.75, 3.05) is 10.6 Å². The number of nitrogens with zero attached hydrogens (tertiary/aromatic N) is 2. The molecule has 19 heteroatoms. The zero-order chi connectivity index (χ0) is 69.5. The number of carbonyl (C=O) groups excluding carboxylic acids is 4. The van der Waals surface area contributed by atoms with Gasteiger partial charge in [-0.2, -0.15) is 0 Å². The molecule has 6 aromatic carbocycles. The maximum absolute atomic E-state index is 14.3. The molecule has 0 aliphatic carbocycles. The molecule has 0 aliphatic heterocycles. The standard InChI is InChI=1S/2C33H35FN2O6.Ca/c2*1-20(2)31-30(33(42)35-24-12-14-25(37)15-13-24)29(21-6-4-3-5-7-21)32(22-8-10-23(34)11-9-22)36(31)17-16-26(38)18-27(39)19-28(40)41;/h2*3-15,20,26-27,37-39H,16-19H2,1-2H3,(H,35,42)(H,40,41);/q;;+2/p-2/t2*26-,27-;/m11./s1/i2*3D,4D,5D,6D,7D;. The van der Waals surface area contributed by atoms with Gasteiger partial charge in [0.25, 0.3) is 11.8 Å². The number of aromatic hydroxyl groups is 2. The van der Waals surface area contributed by atoms with E-state index in [9.17, 15) is 68.8 Å². The number of aliphatic hydroxyl groups excluding tert-OH is 4. The molecular weight excluding hydrogens is 1120 g/mol. The number of aliphatic hydroxyl groups is 4. The third kappa shape index (κ3) is 17.7. The molecule has 8 N–H and O–H groups in total. The topological polar surface area (TPSA) is 270 Å². The van der Waals surface area contributed by atoms with E-state index >= 15 is 0 Å². The number of phenolic OH excluding ortho intramolecular Hbond substituents is 2. The molecule has 440 valence electrons. The van der Waals surface area contributed by atoms with Crippen molar-refractivity contribution in [3.05, 3.63) is 192 Å². The van der Waals surface area contributed by atoms with Crippen LogP contribution in [0.1, 0.15) is 124 Å². The van der Waals surface area contributed by atoms with Crippen molar-refractivity contribution < 1.29 is 82.5 Å². The van der Waals surface area contributed by atoms with Gasteiger partial charge >= 0.3 is 37.7 Å². The van der Waals surface area contributed by atoms with Crippen molar-refractivity contribution in [1.82, 2.24) is 9.13 Å². The second kappa shape index (κ2) is 30.9. The maximum atomic E-state index is 14.3. The maximum Gasteiger partial charge on any atom is 2.00 e. The van der Waals surface area contributed by atoms with Crippen LogP contribution in [0.5, 0.6) is 11.5 Å². The summed E-state index contributed by atoms with van der Waals surface area (Å²) in [6.07, 6.45) is -7.21. The van der Waals surface area contributed by atoms with Crippen molar-refractivity contribution >= 4 is 72.9 Å². The first-order valence-electron chi connectivity index (χ1n) is 31.8. The molecule has 0 fully saturated rings. The molecule has 0 saturated carbocycles. The van der Waals surface area contributed by atoms with E-state index in [1.54, 1.807) is 36.8 Å². The molecule has 2 amide bonds. The number of carboxylic acid groups (broad SMARTS) is 2. The Hall–Kier alpha value is -7.68. The SMILES string of the molecule is [2H]c1c([2H])c([2H])c(-c2c(C(=O)Nc3ccc(O)cc3)c(C(C)C)n(CC[C@@H](O)C[C@@H](O)CC(=O)[O-])c2-c2ccc(F)cc2)c([2H])c1[2H].[2H]c1c([2H])c([2H])c(-c2c(C(=O)Nc3ccc(O)cc3)c(C(C)C)n(CC[C@@H](O)C[C@@H](O)CC(=O)[O-])c2-c2ccc(F)cc2)c([2H])c1[2H].[Ca+2]. The fourth-order valence-electron chi connectivity index (χ4n) is 9.90. The number of carbonyl (C=O) groups is 4. The van der Waals surface area contributed by atoms with Crippen molar-refractivity contribution in [3.63, 3.8) is 0 Å². The van der Waals surface area contributed by atoms with E-state index in [2.05, 4.69) is 10.6 Å². The van der Waals surface area contributed by atoms with E-state index in [-0.39, 0.29) is 133 Å². The summed E-state index contributed by atoms with van der Waals surface area (Å²) in [5, 5.41) is 88.5. The van der Waals surface area contributed by atoms with Crippen LogP contribution in [0.15, 0.2) is 157 Å². The summed E-state index contributed by atoms with van der Waals surface area (Å²) in [6, 6.07) is 15.6. The fraction of sp³-hybridized carbons (Fsp3) is 0.273. The van der Waals surface area contributed by atoms with Crippen LogP contribution in [0, 0.1) is 11.6 Å². The van der Waals surface area contributed by atoms with E-state index in [0.717, 1.165) is 0 Å². The molecule has 4 atom stereocenters. The molecule has 0 unspecified atom stereocenters. The van der Waals surface area contributed by atoms with Crippen molar-refractivity contribution in [2.24, 2.45) is 0 Å². The summed E-state index contributed by atoms with van der Waals surface area (Å²) in [7, 11) is 0. The van der Waals surface area contributed by atoms with Gasteiger partial charge < -0.3 is 70.2 Å². The van der Waals surface area contributed by atoms with Crippen molar-refractivity contribution in [2.45, 2.75) is 116 Å². The van der Waals surface area contributed by atoms with Gasteiger partial charge in [-0.3, -0.25) is 9.59 Å². The quantitative estimate of drug-likeness (QED) is 0.0208. The first kappa shape index (κ1) is 52.8. The Morgan fingerprint density at radius 1 is 0.494 bits per heavy atom. The first-order chi connectivity index (χ1) is 44.2. The summed E-state index contributed by atoms with van der Waals surface area (Å²) in [4.78, 5) is 50.4. The number of anilines is 2. The summed E-state index contributed by atoms with van der Waals surface area (Å²) in [5.41, 5.74) is 1.80. The number of amides is 2. The van der Waals surface area contributed by atoms with Crippen LogP contribution in [-0.4, -0.2) is 126 Å². The van der Waals surface area contributed by atoms with E-state index in [1.165, 1.54) is 97.1 Å². The molecule has 8 aromatic rings. The second-order valence-electron chi connectivity index (χ2n) is 20.4. The van der Waals surface area contributed by atoms with Crippen LogP contribution in [-0.2, 0) is 22.7 Å². The molecule has 2 heterocycles. The third-order valence-corrected chi connectivity index (χ3v) is 13.4. The van der Waals surface area contributed by atoms with Gasteiger partial charge in [-0.05, 0) is 157 Å². The van der Waals surface area contributed by atoms with Crippen LogP contribution < -0.4 is 20.8 Å². The van der Waals surface area contributed by atoms with Crippen LogP contribution in [0.25, 0.3) is 44.8 Å². The predicted molar refractivity (Wildman–Crippen MR) is 318 cm³/mol. The minimum Gasteiger partial charge on any atom is -0.550 e. The van der Waals surface area contributed by atoms with Gasteiger partial charge in [0.15, 0.2) is 0 Å². The van der Waals surface area contributed by atoms with Gasteiger partial charge in [0.1, 0.15) is 23.1 Å². The van der Waals surface area contributed by atoms with Gasteiger partial charge in [0.2, 0.25) is 0 Å². The van der Waals surface area contributed by atoms with E-state index in [0.29, 0.717) is 33.9 Å². The van der Waals surface area contributed by atoms with Crippen LogP contribution in [0.2, 0.25) is 0 Å². The minimum absolute atomic E-state index is 0. The normalized spacial score (nSPS) is 14.2. The predicted octanol–water partition coefficient (Wildman–Crippen LogP) is 8.99. The third-order valence-electron chi connectivity index (χ3n) is 13.4. The number of aliphatic carboxylic acids is 2. The molecule has 8 rings (SSSR count). The number of hydrogen-bond acceptors (Lipinski definition) is 12. The Bertz CT molecular complexity index is 3800. The van der Waals surface area contributed by atoms with E-state index in [1.807, 2.05) is 0 Å². The van der Waals surface area contributed by atoms with Gasteiger partial charge in [-0.15, -0.1) is 0 Å². The van der Waals surface area contributed by atoms with Crippen LogP contribution in [0.4, 0.5) is 20.2 Å². The number of carboxylic acids is 2. The zero-order valence-electron chi connectivity index (χ0n) is 56.8. The molecule has 0 radical (unpaired) electrons. The average Bonchev–Trinajstić information content (AvgIpc) is 1.61. The summed E-state index contributed by atoms with van der Waals surface area (Å²) in [5.74, 6) is -6.46. The monoisotopic (exact) mass is 1200 g/mol. The number of aromatic nitrogens is 2. The number of nitrogens with one attached hydrogen (secondary N) is 2. The smallest absolute Gasteiger partial charge is 0.550 e. The Balaban J connectivity index is 0.000000298. The molecule has 2 aromatic heterocycles. The van der Waals surface area contributed by atoms with Crippen LogP contribution >= 0.6 is 0 Å². The van der Waals surface area contributed by atoms with E-state index in [4.69, 9.17) is 13.7 Å². The molecule has 0 aliphatic rings. The zero-order valence-corrected chi connectivity index (χ0v) is 49.1. The Morgan fingerprint density at radius 3 is 1.11 bits per heavy atom. The Kier molecular flexibility index (Phi) is 19.2. The van der Waals surface area contributed by atoms with E-state index < -0.39 is 145 Å². The van der Waals surface area contributed by atoms with Crippen molar-refractivity contribution in [1.29, 1.82) is 0 Å². The summed E-state index contributed by atoms with van der Waals surface area (Å²) in [6.45, 7) is 7.06. The number of hydrogen-bond donors (Lipinski definition) is 8. The van der Waals surface area contributed by atoms with Gasteiger partial charge in [0.05, 0.1) is 60.6 Å². The average molecular weight is 1200 g/mol. The van der Waals surface area contributed by atoms with Gasteiger partial charge in [-0.25, -0.2) is 8.78 Å². The molecule has 0 bridgehead atoms. The number of rotatable bonds is 24. The van der Waals surface area contributed by atoms with Gasteiger partial charge in [0, 0.05) is 71.8 Å². The molecule has 16 nitrogen and oxygen atoms in total. The Labute approximate surface area is 535 Å².